The summed E-state index contributed by atoms with van der Waals surface area (Å²) in [5.74, 6) is 3.09. The molecule has 0 saturated heterocycles. The van der Waals surface area contributed by atoms with Crippen LogP contribution in [0.2, 0.25) is 0 Å². The predicted molar refractivity (Wildman–Crippen MR) is 115 cm³/mol. The molecule has 0 radical (unpaired) electrons. The van der Waals surface area contributed by atoms with Gasteiger partial charge in [-0.3, -0.25) is 0 Å². The minimum Gasteiger partial charge on any atom is -0.494 e. The van der Waals surface area contributed by atoms with Crippen LogP contribution >= 0.6 is 0 Å². The first-order valence-corrected chi connectivity index (χ1v) is 10.2. The topological polar surface area (TPSA) is 30.5 Å². The number of rotatable bonds is 11. The Hall–Kier alpha value is -2.16. The molecule has 0 spiro atoms. The average Bonchev–Trinajstić information content (AvgIpc) is 2.67. The van der Waals surface area contributed by atoms with Crippen LogP contribution in [0, 0.1) is 5.92 Å². The van der Waals surface area contributed by atoms with Crippen molar-refractivity contribution in [2.45, 2.75) is 59.5 Å². The van der Waals surface area contributed by atoms with Crippen molar-refractivity contribution < 1.29 is 9.47 Å². The van der Waals surface area contributed by atoms with Gasteiger partial charge < -0.3 is 14.8 Å². The lowest BCUT2D eigenvalue weighted by atomic mass is 9.98. The normalized spacial score (nSPS) is 13.3. The highest BCUT2D eigenvalue weighted by molar-refractivity contribution is 5.46. The molecule has 2 aromatic rings. The predicted octanol–water partition coefficient (Wildman–Crippen LogP) is 6.50. The number of ether oxygens (including phenoxy) is 2. The number of para-hydroxylation sites is 1. The molecule has 2 rings (SSSR count). The van der Waals surface area contributed by atoms with E-state index in [1.165, 1.54) is 5.56 Å². The lowest BCUT2D eigenvalue weighted by molar-refractivity contribution is 0.231. The Morgan fingerprint density at radius 1 is 0.926 bits per heavy atom. The van der Waals surface area contributed by atoms with Gasteiger partial charge in [-0.05, 0) is 67.5 Å². The fourth-order valence-electron chi connectivity index (χ4n) is 2.82. The first-order valence-electron chi connectivity index (χ1n) is 10.2. The lowest BCUT2D eigenvalue weighted by Crippen LogP contribution is -2.23. The third-order valence-corrected chi connectivity index (χ3v) is 4.80. The van der Waals surface area contributed by atoms with Gasteiger partial charge in [-0.25, -0.2) is 0 Å². The number of hydrogen-bond donors (Lipinski definition) is 1. The second-order valence-electron chi connectivity index (χ2n) is 7.71. The summed E-state index contributed by atoms with van der Waals surface area (Å²) in [4.78, 5) is 0. The van der Waals surface area contributed by atoms with Crippen molar-refractivity contribution in [2.24, 2.45) is 5.92 Å². The van der Waals surface area contributed by atoms with Crippen molar-refractivity contribution in [1.29, 1.82) is 0 Å². The Labute approximate surface area is 165 Å². The summed E-state index contributed by atoms with van der Waals surface area (Å²) in [6, 6.07) is 16.5. The van der Waals surface area contributed by atoms with Crippen LogP contribution in [0.1, 0.15) is 58.9 Å². The SMILES string of the molecule is CCC(C)c1ccccc1OC(C)CNc1ccc(OCCC(C)C)cc1. The van der Waals surface area contributed by atoms with E-state index in [0.717, 1.165) is 43.2 Å². The van der Waals surface area contributed by atoms with Gasteiger partial charge in [0.1, 0.15) is 17.6 Å². The highest BCUT2D eigenvalue weighted by Crippen LogP contribution is 2.29. The number of benzene rings is 2. The molecule has 3 nitrogen and oxygen atoms in total. The molecule has 3 heteroatoms. The van der Waals surface area contributed by atoms with E-state index in [4.69, 9.17) is 9.47 Å². The molecule has 0 saturated carbocycles. The summed E-state index contributed by atoms with van der Waals surface area (Å²) in [5.41, 5.74) is 2.37. The number of nitrogens with one attached hydrogen (secondary N) is 1. The van der Waals surface area contributed by atoms with Gasteiger partial charge in [-0.2, -0.15) is 0 Å². The molecule has 0 amide bonds. The maximum atomic E-state index is 6.20. The van der Waals surface area contributed by atoms with Crippen LogP contribution < -0.4 is 14.8 Å². The molecule has 0 aliphatic heterocycles. The molecule has 2 atom stereocenters. The van der Waals surface area contributed by atoms with Crippen molar-refractivity contribution in [3.05, 3.63) is 54.1 Å². The fourth-order valence-corrected chi connectivity index (χ4v) is 2.82. The minimum absolute atomic E-state index is 0.0807. The molecule has 0 aromatic heterocycles. The van der Waals surface area contributed by atoms with Crippen molar-refractivity contribution in [3.8, 4) is 11.5 Å². The summed E-state index contributed by atoms with van der Waals surface area (Å²) in [6.07, 6.45) is 2.27. The largest absolute Gasteiger partial charge is 0.494 e. The van der Waals surface area contributed by atoms with Crippen LogP contribution in [0.15, 0.2) is 48.5 Å². The molecular weight excluding hydrogens is 334 g/mol. The van der Waals surface area contributed by atoms with Crippen LogP contribution in [0.25, 0.3) is 0 Å². The zero-order valence-corrected chi connectivity index (χ0v) is 17.5. The highest BCUT2D eigenvalue weighted by atomic mass is 16.5. The minimum atomic E-state index is 0.0807. The molecule has 0 fully saturated rings. The van der Waals surface area contributed by atoms with Crippen LogP contribution in [0.5, 0.6) is 11.5 Å². The van der Waals surface area contributed by atoms with Crippen LogP contribution in [0.4, 0.5) is 5.69 Å². The van der Waals surface area contributed by atoms with E-state index in [1.54, 1.807) is 0 Å². The number of hydrogen-bond acceptors (Lipinski definition) is 3. The van der Waals surface area contributed by atoms with Crippen LogP contribution in [0.3, 0.4) is 0 Å². The van der Waals surface area contributed by atoms with Gasteiger partial charge >= 0.3 is 0 Å². The van der Waals surface area contributed by atoms with E-state index >= 15 is 0 Å². The van der Waals surface area contributed by atoms with Crippen LogP contribution in [-0.2, 0) is 0 Å². The molecule has 2 unspecified atom stereocenters. The maximum Gasteiger partial charge on any atom is 0.123 e. The Kier molecular flexibility index (Phi) is 8.50. The molecule has 0 aliphatic carbocycles. The Balaban J connectivity index is 1.83. The van der Waals surface area contributed by atoms with Gasteiger partial charge in [-0.15, -0.1) is 0 Å². The van der Waals surface area contributed by atoms with E-state index in [0.29, 0.717) is 11.8 Å². The first kappa shape index (κ1) is 21.1. The van der Waals surface area contributed by atoms with Crippen molar-refractivity contribution in [2.75, 3.05) is 18.5 Å². The standard InChI is InChI=1S/C24H35NO2/c1-6-19(4)23-9-7-8-10-24(23)27-20(5)17-25-21-11-13-22(14-12-21)26-16-15-18(2)3/h7-14,18-20,25H,6,15-17H2,1-5H3. The lowest BCUT2D eigenvalue weighted by Gasteiger charge is -2.20. The second kappa shape index (κ2) is 10.9. The molecule has 1 N–H and O–H groups in total. The molecular formula is C24H35NO2. The second-order valence-corrected chi connectivity index (χ2v) is 7.71. The summed E-state index contributed by atoms with van der Waals surface area (Å²) in [7, 11) is 0. The molecule has 0 heterocycles. The monoisotopic (exact) mass is 369 g/mol. The average molecular weight is 370 g/mol. The highest BCUT2D eigenvalue weighted by Gasteiger charge is 2.12. The maximum absolute atomic E-state index is 6.20. The zero-order chi connectivity index (χ0) is 19.6. The molecule has 2 aromatic carbocycles. The Morgan fingerprint density at radius 3 is 2.30 bits per heavy atom. The third-order valence-electron chi connectivity index (χ3n) is 4.80. The van der Waals surface area contributed by atoms with Crippen LogP contribution in [-0.4, -0.2) is 19.3 Å². The van der Waals surface area contributed by atoms with E-state index < -0.39 is 0 Å². The third kappa shape index (κ3) is 7.16. The van der Waals surface area contributed by atoms with Crippen molar-refractivity contribution >= 4 is 5.69 Å². The van der Waals surface area contributed by atoms with Gasteiger partial charge in [0.2, 0.25) is 0 Å². The Bertz CT molecular complexity index is 666. The fraction of sp³-hybridized carbons (Fsp3) is 0.500. The zero-order valence-electron chi connectivity index (χ0n) is 17.5. The van der Waals surface area contributed by atoms with Crippen molar-refractivity contribution in [3.63, 3.8) is 0 Å². The van der Waals surface area contributed by atoms with Gasteiger partial charge in [-0.1, -0.05) is 45.9 Å². The smallest absolute Gasteiger partial charge is 0.123 e. The molecule has 0 bridgehead atoms. The van der Waals surface area contributed by atoms with Gasteiger partial charge in [0.25, 0.3) is 0 Å². The summed E-state index contributed by atoms with van der Waals surface area (Å²) < 4.78 is 12.0. The Morgan fingerprint density at radius 2 is 1.63 bits per heavy atom. The number of anilines is 1. The molecule has 148 valence electrons. The first-order chi connectivity index (χ1) is 13.0. The van der Waals surface area contributed by atoms with E-state index in [1.807, 2.05) is 18.2 Å². The van der Waals surface area contributed by atoms with Gasteiger partial charge in [0.15, 0.2) is 0 Å². The van der Waals surface area contributed by atoms with Crippen molar-refractivity contribution in [1.82, 2.24) is 0 Å². The van der Waals surface area contributed by atoms with E-state index in [9.17, 15) is 0 Å². The quantitative estimate of drug-likeness (QED) is 0.490. The van der Waals surface area contributed by atoms with Gasteiger partial charge in [0, 0.05) is 5.69 Å². The van der Waals surface area contributed by atoms with Gasteiger partial charge in [0.05, 0.1) is 13.2 Å². The summed E-state index contributed by atoms with van der Waals surface area (Å²) >= 11 is 0. The summed E-state index contributed by atoms with van der Waals surface area (Å²) in [6.45, 7) is 12.5. The summed E-state index contributed by atoms with van der Waals surface area (Å²) in [5, 5.41) is 3.45. The van der Waals surface area contributed by atoms with E-state index in [-0.39, 0.29) is 6.10 Å². The molecule has 27 heavy (non-hydrogen) atoms. The van der Waals surface area contributed by atoms with E-state index in [2.05, 4.69) is 70.3 Å². The molecule has 0 aliphatic rings.